The molecule has 1 atom stereocenters. The summed E-state index contributed by atoms with van der Waals surface area (Å²) in [6.07, 6.45) is 3.04. The monoisotopic (exact) mass is 304 g/mol. The molecule has 1 saturated heterocycles. The second-order valence-electron chi connectivity index (χ2n) is 6.02. The highest BCUT2D eigenvalue weighted by Crippen LogP contribution is 2.33. The number of hydrogen-bond acceptors (Lipinski definition) is 2. The van der Waals surface area contributed by atoms with E-state index in [0.717, 1.165) is 31.9 Å². The summed E-state index contributed by atoms with van der Waals surface area (Å²) in [4.78, 5) is 4.73. The minimum absolute atomic E-state index is 0.427. The summed E-state index contributed by atoms with van der Waals surface area (Å²) in [6, 6.07) is 21.0. The Morgan fingerprint density at radius 1 is 1.00 bits per heavy atom. The van der Waals surface area contributed by atoms with E-state index < -0.39 is 0 Å². The summed E-state index contributed by atoms with van der Waals surface area (Å²) in [5.74, 6) is 0.427. The normalized spacial score (nSPS) is 17.5. The lowest BCUT2D eigenvalue weighted by molar-refractivity contribution is 0.193. The van der Waals surface area contributed by atoms with Crippen LogP contribution in [0.15, 0.2) is 67.0 Å². The third kappa shape index (κ3) is 2.92. The second-order valence-corrected chi connectivity index (χ2v) is 6.02. The van der Waals surface area contributed by atoms with Crippen LogP contribution in [-0.4, -0.2) is 22.8 Å². The highest BCUT2D eigenvalue weighted by atomic mass is 16.5. The first-order valence-corrected chi connectivity index (χ1v) is 8.14. The van der Waals surface area contributed by atoms with Crippen LogP contribution >= 0.6 is 0 Å². The average Bonchev–Trinajstić information content (AvgIpc) is 3.26. The zero-order valence-electron chi connectivity index (χ0n) is 13.1. The van der Waals surface area contributed by atoms with Crippen LogP contribution in [0.2, 0.25) is 0 Å². The molecule has 1 fully saturated rings. The van der Waals surface area contributed by atoms with E-state index in [4.69, 9.17) is 9.72 Å². The van der Waals surface area contributed by atoms with Gasteiger partial charge >= 0.3 is 0 Å². The van der Waals surface area contributed by atoms with Crippen molar-refractivity contribution in [2.24, 2.45) is 0 Å². The number of benzene rings is 2. The fraction of sp³-hybridized carbons (Fsp3) is 0.250. The second kappa shape index (κ2) is 6.39. The Labute approximate surface area is 136 Å². The molecule has 1 aliphatic heterocycles. The largest absolute Gasteiger partial charge is 0.381 e. The smallest absolute Gasteiger partial charge is 0.0959 e. The molecule has 0 N–H and O–H groups in total. The highest BCUT2D eigenvalue weighted by molar-refractivity contribution is 5.62. The van der Waals surface area contributed by atoms with Crippen molar-refractivity contribution >= 4 is 0 Å². The molecular formula is C20H20N2O. The predicted molar refractivity (Wildman–Crippen MR) is 91.4 cm³/mol. The molecule has 3 heteroatoms. The molecule has 4 rings (SSSR count). The molecule has 0 radical (unpaired) electrons. The number of nitrogens with zero attached hydrogens (tertiary/aromatic N) is 2. The van der Waals surface area contributed by atoms with Gasteiger partial charge in [0.15, 0.2) is 0 Å². The molecule has 0 spiro atoms. The molecule has 0 bridgehead atoms. The van der Waals surface area contributed by atoms with Crippen LogP contribution in [-0.2, 0) is 11.3 Å². The molecule has 116 valence electrons. The topological polar surface area (TPSA) is 27.1 Å². The van der Waals surface area contributed by atoms with Crippen LogP contribution in [0.4, 0.5) is 0 Å². The molecule has 1 aromatic heterocycles. The zero-order chi connectivity index (χ0) is 15.5. The van der Waals surface area contributed by atoms with Gasteiger partial charge in [-0.25, -0.2) is 4.98 Å². The predicted octanol–water partition coefficient (Wildman–Crippen LogP) is 4.10. The molecule has 1 aliphatic rings. The van der Waals surface area contributed by atoms with Crippen LogP contribution in [0.5, 0.6) is 0 Å². The Kier molecular flexibility index (Phi) is 3.95. The minimum atomic E-state index is 0.427. The Hall–Kier alpha value is -2.39. The van der Waals surface area contributed by atoms with Crippen LogP contribution < -0.4 is 0 Å². The third-order valence-corrected chi connectivity index (χ3v) is 4.44. The molecule has 0 saturated carbocycles. The molecular weight excluding hydrogens is 284 g/mol. The zero-order valence-corrected chi connectivity index (χ0v) is 13.1. The van der Waals surface area contributed by atoms with E-state index in [0.29, 0.717) is 5.92 Å². The van der Waals surface area contributed by atoms with Gasteiger partial charge in [-0.2, -0.15) is 0 Å². The molecule has 1 unspecified atom stereocenters. The van der Waals surface area contributed by atoms with Gasteiger partial charge in [0, 0.05) is 24.6 Å². The molecule has 2 heterocycles. The van der Waals surface area contributed by atoms with E-state index in [1.807, 2.05) is 12.4 Å². The van der Waals surface area contributed by atoms with Crippen molar-refractivity contribution in [3.8, 4) is 11.3 Å². The lowest BCUT2D eigenvalue weighted by atomic mass is 9.99. The number of imidazole rings is 1. The van der Waals surface area contributed by atoms with Gasteiger partial charge in [-0.15, -0.1) is 0 Å². The van der Waals surface area contributed by atoms with E-state index in [2.05, 4.69) is 59.2 Å². The van der Waals surface area contributed by atoms with Gasteiger partial charge in [0.25, 0.3) is 0 Å². The van der Waals surface area contributed by atoms with Gasteiger partial charge < -0.3 is 9.30 Å². The molecule has 0 amide bonds. The summed E-state index contributed by atoms with van der Waals surface area (Å²) < 4.78 is 7.92. The van der Waals surface area contributed by atoms with Gasteiger partial charge in [-0.3, -0.25) is 0 Å². The van der Waals surface area contributed by atoms with Gasteiger partial charge in [-0.1, -0.05) is 60.7 Å². The van der Waals surface area contributed by atoms with Crippen LogP contribution in [0.25, 0.3) is 11.3 Å². The molecule has 3 aromatic rings. The highest BCUT2D eigenvalue weighted by Gasteiger charge is 2.25. The Balaban J connectivity index is 1.75. The fourth-order valence-corrected chi connectivity index (χ4v) is 3.29. The summed E-state index contributed by atoms with van der Waals surface area (Å²) in [6.45, 7) is 2.49. The van der Waals surface area contributed by atoms with Crippen molar-refractivity contribution in [1.29, 1.82) is 0 Å². The number of ether oxygens (including phenoxy) is 1. The fourth-order valence-electron chi connectivity index (χ4n) is 3.29. The quantitative estimate of drug-likeness (QED) is 0.725. The molecule has 2 aromatic carbocycles. The maximum Gasteiger partial charge on any atom is 0.0959 e. The summed E-state index contributed by atoms with van der Waals surface area (Å²) in [5, 5.41) is 0. The number of hydrogen-bond donors (Lipinski definition) is 0. The van der Waals surface area contributed by atoms with E-state index in [1.54, 1.807) is 0 Å². The van der Waals surface area contributed by atoms with Crippen molar-refractivity contribution in [2.75, 3.05) is 13.2 Å². The Morgan fingerprint density at radius 3 is 2.43 bits per heavy atom. The minimum Gasteiger partial charge on any atom is -0.381 e. The van der Waals surface area contributed by atoms with Gasteiger partial charge in [-0.05, 0) is 12.0 Å². The number of rotatable bonds is 4. The lowest BCUT2D eigenvalue weighted by Crippen LogP contribution is -2.09. The summed E-state index contributed by atoms with van der Waals surface area (Å²) in [7, 11) is 0. The molecule has 23 heavy (non-hydrogen) atoms. The summed E-state index contributed by atoms with van der Waals surface area (Å²) >= 11 is 0. The van der Waals surface area contributed by atoms with Crippen molar-refractivity contribution in [2.45, 2.75) is 18.9 Å². The van der Waals surface area contributed by atoms with Crippen molar-refractivity contribution < 1.29 is 4.74 Å². The van der Waals surface area contributed by atoms with Crippen molar-refractivity contribution in [3.63, 3.8) is 0 Å². The first kappa shape index (κ1) is 14.2. The summed E-state index contributed by atoms with van der Waals surface area (Å²) in [5.41, 5.74) is 4.88. The van der Waals surface area contributed by atoms with E-state index in [-0.39, 0.29) is 0 Å². The van der Waals surface area contributed by atoms with Crippen molar-refractivity contribution in [1.82, 2.24) is 9.55 Å². The van der Waals surface area contributed by atoms with Crippen molar-refractivity contribution in [3.05, 3.63) is 78.2 Å². The van der Waals surface area contributed by atoms with E-state index in [1.165, 1.54) is 16.8 Å². The molecule has 0 aliphatic carbocycles. The van der Waals surface area contributed by atoms with Gasteiger partial charge in [0.1, 0.15) is 0 Å². The number of aromatic nitrogens is 2. The van der Waals surface area contributed by atoms with Crippen LogP contribution in [0.3, 0.4) is 0 Å². The third-order valence-electron chi connectivity index (χ3n) is 4.44. The van der Waals surface area contributed by atoms with E-state index in [9.17, 15) is 0 Å². The standard InChI is InChI=1S/C20H20N2O/c1-3-7-16(8-4-1)13-22-15-21-19(17-9-5-2-6-10-17)20(22)18-11-12-23-14-18/h1-10,15,18H,11-14H2. The first-order chi connectivity index (χ1) is 11.4. The Bertz CT molecular complexity index is 759. The van der Waals surface area contributed by atoms with Crippen LogP contribution in [0, 0.1) is 0 Å². The van der Waals surface area contributed by atoms with Gasteiger partial charge in [0.05, 0.1) is 24.3 Å². The molecule has 3 nitrogen and oxygen atoms in total. The average molecular weight is 304 g/mol. The first-order valence-electron chi connectivity index (χ1n) is 8.14. The maximum absolute atomic E-state index is 5.64. The van der Waals surface area contributed by atoms with E-state index >= 15 is 0 Å². The SMILES string of the molecule is c1ccc(Cn2cnc(-c3ccccc3)c2C2CCOC2)cc1. The van der Waals surface area contributed by atoms with Crippen LogP contribution in [0.1, 0.15) is 23.6 Å². The lowest BCUT2D eigenvalue weighted by Gasteiger charge is -2.15. The van der Waals surface area contributed by atoms with Gasteiger partial charge in [0.2, 0.25) is 0 Å². The Morgan fingerprint density at radius 2 is 1.74 bits per heavy atom. The maximum atomic E-state index is 5.64.